The standard InChI is InChI=1S/C14H11Br2ClO2/c1-8(18)9-2-4-13(11(15)6-9)19-14-5-3-10(17)7-12(14)16/h2-8,18H,1H3/t8-/m0/s1. The van der Waals surface area contributed by atoms with Crippen molar-refractivity contribution in [2.75, 3.05) is 0 Å². The van der Waals surface area contributed by atoms with Crippen molar-refractivity contribution in [1.82, 2.24) is 0 Å². The highest BCUT2D eigenvalue weighted by atomic mass is 79.9. The molecular formula is C14H11Br2ClO2. The minimum atomic E-state index is -0.507. The molecule has 2 rings (SSSR count). The fourth-order valence-electron chi connectivity index (χ4n) is 1.54. The van der Waals surface area contributed by atoms with Gasteiger partial charge >= 0.3 is 0 Å². The van der Waals surface area contributed by atoms with Crippen LogP contribution in [0.5, 0.6) is 11.5 Å². The topological polar surface area (TPSA) is 29.5 Å². The van der Waals surface area contributed by atoms with Crippen molar-refractivity contribution in [3.63, 3.8) is 0 Å². The average Bonchev–Trinajstić information content (AvgIpc) is 2.34. The van der Waals surface area contributed by atoms with Crippen LogP contribution in [0.2, 0.25) is 5.02 Å². The maximum Gasteiger partial charge on any atom is 0.141 e. The summed E-state index contributed by atoms with van der Waals surface area (Å²) in [6.45, 7) is 1.72. The third-order valence-corrected chi connectivity index (χ3v) is 4.03. The van der Waals surface area contributed by atoms with E-state index in [2.05, 4.69) is 31.9 Å². The SMILES string of the molecule is C[C@H](O)c1ccc(Oc2ccc(Cl)cc2Br)c(Br)c1. The number of rotatable bonds is 3. The Morgan fingerprint density at radius 1 is 1.05 bits per heavy atom. The molecule has 0 saturated carbocycles. The fourth-order valence-corrected chi connectivity index (χ4v) is 2.78. The smallest absolute Gasteiger partial charge is 0.141 e. The molecule has 0 spiro atoms. The van der Waals surface area contributed by atoms with Gasteiger partial charge in [0.2, 0.25) is 0 Å². The summed E-state index contributed by atoms with van der Waals surface area (Å²) in [6, 6.07) is 10.8. The van der Waals surface area contributed by atoms with Crippen LogP contribution in [0.25, 0.3) is 0 Å². The molecule has 1 N–H and O–H groups in total. The summed E-state index contributed by atoms with van der Waals surface area (Å²) < 4.78 is 7.36. The van der Waals surface area contributed by atoms with Gasteiger partial charge < -0.3 is 9.84 Å². The molecule has 0 unspecified atom stereocenters. The van der Waals surface area contributed by atoms with Crippen LogP contribution in [0.4, 0.5) is 0 Å². The summed E-state index contributed by atoms with van der Waals surface area (Å²) in [5.41, 5.74) is 0.828. The van der Waals surface area contributed by atoms with Crippen molar-refractivity contribution in [2.45, 2.75) is 13.0 Å². The molecule has 0 aliphatic rings. The Morgan fingerprint density at radius 2 is 1.63 bits per heavy atom. The second-order valence-corrected chi connectivity index (χ2v) is 6.19. The molecule has 1 atom stereocenters. The van der Waals surface area contributed by atoms with E-state index in [4.69, 9.17) is 16.3 Å². The fraction of sp³-hybridized carbons (Fsp3) is 0.143. The van der Waals surface area contributed by atoms with Gasteiger partial charge in [-0.1, -0.05) is 17.7 Å². The monoisotopic (exact) mass is 404 g/mol. The van der Waals surface area contributed by atoms with Gasteiger partial charge in [-0.15, -0.1) is 0 Å². The molecule has 0 aromatic heterocycles. The Morgan fingerprint density at radius 3 is 2.16 bits per heavy atom. The quantitative estimate of drug-likeness (QED) is 0.707. The normalized spacial score (nSPS) is 12.3. The van der Waals surface area contributed by atoms with Crippen LogP contribution in [0.15, 0.2) is 45.3 Å². The zero-order valence-corrected chi connectivity index (χ0v) is 14.0. The van der Waals surface area contributed by atoms with Crippen LogP contribution in [0.3, 0.4) is 0 Å². The second kappa shape index (κ2) is 6.27. The molecule has 2 nitrogen and oxygen atoms in total. The summed E-state index contributed by atoms with van der Waals surface area (Å²) in [7, 11) is 0. The van der Waals surface area contributed by atoms with Gasteiger partial charge in [0.15, 0.2) is 0 Å². The van der Waals surface area contributed by atoms with Crippen LogP contribution in [0, 0.1) is 0 Å². The molecule has 0 amide bonds. The van der Waals surface area contributed by atoms with Crippen molar-refractivity contribution in [1.29, 1.82) is 0 Å². The molecule has 0 saturated heterocycles. The van der Waals surface area contributed by atoms with Crippen molar-refractivity contribution < 1.29 is 9.84 Å². The second-order valence-electron chi connectivity index (χ2n) is 4.04. The molecule has 0 aliphatic heterocycles. The number of aliphatic hydroxyl groups is 1. The van der Waals surface area contributed by atoms with Crippen LogP contribution >= 0.6 is 43.5 Å². The highest BCUT2D eigenvalue weighted by molar-refractivity contribution is 9.11. The molecule has 19 heavy (non-hydrogen) atoms. The molecule has 0 heterocycles. The molecular weight excluding hydrogens is 395 g/mol. The van der Waals surface area contributed by atoms with Gasteiger partial charge in [0.1, 0.15) is 11.5 Å². The van der Waals surface area contributed by atoms with Crippen molar-refractivity contribution in [2.24, 2.45) is 0 Å². The van der Waals surface area contributed by atoms with E-state index >= 15 is 0 Å². The Balaban J connectivity index is 2.28. The van der Waals surface area contributed by atoms with Crippen molar-refractivity contribution in [3.05, 3.63) is 55.9 Å². The first-order valence-electron chi connectivity index (χ1n) is 5.58. The molecule has 0 radical (unpaired) electrons. The Labute approximate surface area is 133 Å². The van der Waals surface area contributed by atoms with Gasteiger partial charge in [-0.05, 0) is 74.7 Å². The van der Waals surface area contributed by atoms with Gasteiger partial charge in [0, 0.05) is 5.02 Å². The largest absolute Gasteiger partial charge is 0.455 e. The molecule has 2 aromatic rings. The lowest BCUT2D eigenvalue weighted by molar-refractivity contribution is 0.199. The van der Waals surface area contributed by atoms with E-state index in [1.54, 1.807) is 25.1 Å². The summed E-state index contributed by atoms with van der Waals surface area (Å²) in [5, 5.41) is 10.2. The highest BCUT2D eigenvalue weighted by Gasteiger charge is 2.09. The van der Waals surface area contributed by atoms with Gasteiger partial charge in [0.25, 0.3) is 0 Å². The predicted molar refractivity (Wildman–Crippen MR) is 84.0 cm³/mol. The van der Waals surface area contributed by atoms with Gasteiger partial charge in [-0.25, -0.2) is 0 Å². The molecule has 0 bridgehead atoms. The number of hydrogen-bond donors (Lipinski definition) is 1. The van der Waals surface area contributed by atoms with Crippen molar-refractivity contribution >= 4 is 43.5 Å². The van der Waals surface area contributed by atoms with Crippen LogP contribution < -0.4 is 4.74 Å². The summed E-state index contributed by atoms with van der Waals surface area (Å²) in [4.78, 5) is 0. The lowest BCUT2D eigenvalue weighted by Gasteiger charge is -2.12. The maximum absolute atomic E-state index is 9.52. The van der Waals surface area contributed by atoms with E-state index in [1.807, 2.05) is 18.2 Å². The third-order valence-electron chi connectivity index (χ3n) is 2.55. The van der Waals surface area contributed by atoms with Gasteiger partial charge in [0.05, 0.1) is 15.0 Å². The first-order valence-corrected chi connectivity index (χ1v) is 7.54. The Hall–Kier alpha value is -0.550. The summed E-state index contributed by atoms with van der Waals surface area (Å²) >= 11 is 12.7. The van der Waals surface area contributed by atoms with Crippen molar-refractivity contribution in [3.8, 4) is 11.5 Å². The molecule has 2 aromatic carbocycles. The van der Waals surface area contributed by atoms with E-state index in [0.717, 1.165) is 14.5 Å². The lowest BCUT2D eigenvalue weighted by atomic mass is 10.1. The Kier molecular flexibility index (Phi) is 4.90. The summed E-state index contributed by atoms with van der Waals surface area (Å²) in [5.74, 6) is 1.35. The number of aliphatic hydroxyl groups excluding tert-OH is 1. The van der Waals surface area contributed by atoms with Gasteiger partial charge in [-0.2, -0.15) is 0 Å². The minimum absolute atomic E-state index is 0.507. The number of ether oxygens (including phenoxy) is 1. The highest BCUT2D eigenvalue weighted by Crippen LogP contribution is 2.36. The first kappa shape index (κ1) is 14.9. The maximum atomic E-state index is 9.52. The molecule has 100 valence electrons. The van der Waals surface area contributed by atoms with Crippen LogP contribution in [0.1, 0.15) is 18.6 Å². The first-order chi connectivity index (χ1) is 8.97. The lowest BCUT2D eigenvalue weighted by Crippen LogP contribution is -1.92. The number of hydrogen-bond acceptors (Lipinski definition) is 2. The Bertz CT molecular complexity index is 600. The summed E-state index contributed by atoms with van der Waals surface area (Å²) in [6.07, 6.45) is -0.507. The molecule has 0 fully saturated rings. The van der Waals surface area contributed by atoms with Crippen LogP contribution in [-0.2, 0) is 0 Å². The molecule has 0 aliphatic carbocycles. The van der Waals surface area contributed by atoms with E-state index < -0.39 is 6.10 Å². The van der Waals surface area contributed by atoms with E-state index in [9.17, 15) is 5.11 Å². The zero-order chi connectivity index (χ0) is 14.0. The molecule has 5 heteroatoms. The average molecular weight is 407 g/mol. The third kappa shape index (κ3) is 3.72. The van der Waals surface area contributed by atoms with Crippen LogP contribution in [-0.4, -0.2) is 5.11 Å². The van der Waals surface area contributed by atoms with E-state index in [1.165, 1.54) is 0 Å². The van der Waals surface area contributed by atoms with E-state index in [0.29, 0.717) is 16.5 Å². The number of benzene rings is 2. The minimum Gasteiger partial charge on any atom is -0.455 e. The van der Waals surface area contributed by atoms with Gasteiger partial charge in [-0.3, -0.25) is 0 Å². The van der Waals surface area contributed by atoms with E-state index in [-0.39, 0.29) is 0 Å². The predicted octanol–water partition coefficient (Wildman–Crippen LogP) is 5.71. The zero-order valence-electron chi connectivity index (χ0n) is 10.0. The number of halogens is 3.